The smallest absolute Gasteiger partial charge is 0.113 e. The molecule has 1 aromatic carbocycles. The van der Waals surface area contributed by atoms with Crippen LogP contribution in [0.3, 0.4) is 0 Å². The number of aliphatic hydroxyl groups excluding tert-OH is 1. The fourth-order valence-electron chi connectivity index (χ4n) is 0.882. The lowest BCUT2D eigenvalue weighted by molar-refractivity contribution is 0.199. The third-order valence-electron chi connectivity index (χ3n) is 1.47. The lowest BCUT2D eigenvalue weighted by Gasteiger charge is -2.07. The maximum absolute atomic E-state index is 9.17. The van der Waals surface area contributed by atoms with Crippen LogP contribution in [0.2, 0.25) is 5.02 Å². The Morgan fingerprint density at radius 3 is 2.64 bits per heavy atom. The Labute approximate surface area is 72.4 Å². The van der Waals surface area contributed by atoms with Gasteiger partial charge in [0.1, 0.15) is 7.85 Å². The van der Waals surface area contributed by atoms with Gasteiger partial charge in [0.2, 0.25) is 0 Å². The summed E-state index contributed by atoms with van der Waals surface area (Å²) in [6, 6.07) is 5.07. The summed E-state index contributed by atoms with van der Waals surface area (Å²) in [4.78, 5) is 0. The van der Waals surface area contributed by atoms with Crippen molar-refractivity contribution in [1.29, 1.82) is 0 Å². The van der Waals surface area contributed by atoms with Crippen molar-refractivity contribution >= 4 is 24.9 Å². The summed E-state index contributed by atoms with van der Waals surface area (Å²) in [5.74, 6) is 0. The van der Waals surface area contributed by atoms with Gasteiger partial charge < -0.3 is 5.11 Å². The van der Waals surface area contributed by atoms with Gasteiger partial charge in [-0.15, -0.1) is 0 Å². The summed E-state index contributed by atoms with van der Waals surface area (Å²) >= 11 is 5.78. The fourth-order valence-corrected chi connectivity index (χ4v) is 1.23. The van der Waals surface area contributed by atoms with Gasteiger partial charge in [-0.3, -0.25) is 0 Å². The predicted molar refractivity (Wildman–Crippen MR) is 47.5 cm³/mol. The first-order valence-corrected chi connectivity index (χ1v) is 3.72. The number of halogens is 1. The molecule has 0 aliphatic heterocycles. The molecule has 11 heavy (non-hydrogen) atoms. The minimum atomic E-state index is -0.539. The molecule has 3 heteroatoms. The van der Waals surface area contributed by atoms with Gasteiger partial charge in [-0.25, -0.2) is 0 Å². The topological polar surface area (TPSA) is 20.2 Å². The minimum Gasteiger partial charge on any atom is -0.389 e. The fraction of sp³-hybridized carbons (Fsp3) is 0.250. The Morgan fingerprint density at radius 1 is 1.55 bits per heavy atom. The molecule has 2 radical (unpaired) electrons. The molecular weight excluding hydrogens is 158 g/mol. The van der Waals surface area contributed by atoms with E-state index >= 15 is 0 Å². The summed E-state index contributed by atoms with van der Waals surface area (Å²) in [5, 5.41) is 9.68. The molecule has 0 saturated heterocycles. The molecule has 0 bridgehead atoms. The van der Waals surface area contributed by atoms with Crippen LogP contribution in [0.5, 0.6) is 0 Å². The van der Waals surface area contributed by atoms with Crippen LogP contribution in [-0.4, -0.2) is 13.0 Å². The van der Waals surface area contributed by atoms with Crippen LogP contribution < -0.4 is 5.46 Å². The monoisotopic (exact) mass is 166 g/mol. The first-order valence-electron chi connectivity index (χ1n) is 3.34. The summed E-state index contributed by atoms with van der Waals surface area (Å²) < 4.78 is 0. The Bertz CT molecular complexity index is 260. The molecule has 1 rings (SSSR count). The maximum atomic E-state index is 9.17. The largest absolute Gasteiger partial charge is 0.389 e. The first-order chi connectivity index (χ1) is 5.11. The molecule has 0 aromatic heterocycles. The predicted octanol–water partition coefficient (Wildman–Crippen LogP) is 1.19. The zero-order valence-electron chi connectivity index (χ0n) is 6.21. The van der Waals surface area contributed by atoms with E-state index in [9.17, 15) is 5.11 Å². The number of aliphatic hydroxyl groups is 1. The van der Waals surface area contributed by atoms with Gasteiger partial charge in [0, 0.05) is 5.02 Å². The van der Waals surface area contributed by atoms with Gasteiger partial charge >= 0.3 is 0 Å². The van der Waals surface area contributed by atoms with Gasteiger partial charge in [-0.2, -0.15) is 0 Å². The van der Waals surface area contributed by atoms with Crippen molar-refractivity contribution in [2.75, 3.05) is 0 Å². The number of rotatable bonds is 1. The van der Waals surface area contributed by atoms with E-state index in [1.54, 1.807) is 25.1 Å². The lowest BCUT2D eigenvalue weighted by atomic mass is 9.94. The Balaban J connectivity index is 3.09. The second kappa shape index (κ2) is 3.29. The molecule has 0 saturated carbocycles. The van der Waals surface area contributed by atoms with Crippen molar-refractivity contribution in [2.45, 2.75) is 13.0 Å². The highest BCUT2D eigenvalue weighted by atomic mass is 35.5. The third-order valence-corrected chi connectivity index (χ3v) is 1.80. The molecule has 0 amide bonds. The quantitative estimate of drug-likeness (QED) is 0.621. The molecule has 1 N–H and O–H groups in total. The van der Waals surface area contributed by atoms with E-state index < -0.39 is 6.10 Å². The van der Waals surface area contributed by atoms with Gasteiger partial charge in [-0.05, 0) is 12.5 Å². The molecule has 1 aromatic rings. The second-order valence-electron chi connectivity index (χ2n) is 2.46. The highest BCUT2D eigenvalue weighted by Crippen LogP contribution is 2.20. The van der Waals surface area contributed by atoms with E-state index in [-0.39, 0.29) is 0 Å². The Hall–Kier alpha value is -0.465. The minimum absolute atomic E-state index is 0.514. The number of benzene rings is 1. The SMILES string of the molecule is [B]c1ccc(C(C)O)c(Cl)c1. The van der Waals surface area contributed by atoms with Crippen molar-refractivity contribution < 1.29 is 5.11 Å². The standard InChI is InChI=1S/C8H8BClO/c1-5(11)7-3-2-6(9)4-8(7)10/h2-5,11H,1H3. The highest BCUT2D eigenvalue weighted by Gasteiger charge is 2.04. The normalized spacial score (nSPS) is 13.0. The van der Waals surface area contributed by atoms with Gasteiger partial charge in [-0.1, -0.05) is 35.3 Å². The van der Waals surface area contributed by atoms with Crippen molar-refractivity contribution in [1.82, 2.24) is 0 Å². The van der Waals surface area contributed by atoms with E-state index in [4.69, 9.17) is 19.4 Å². The van der Waals surface area contributed by atoms with Crippen molar-refractivity contribution in [2.24, 2.45) is 0 Å². The molecule has 0 aliphatic carbocycles. The van der Waals surface area contributed by atoms with Gasteiger partial charge in [0.05, 0.1) is 6.10 Å². The summed E-state index contributed by atoms with van der Waals surface area (Å²) in [6.45, 7) is 1.66. The Morgan fingerprint density at radius 2 is 2.18 bits per heavy atom. The third kappa shape index (κ3) is 1.98. The lowest BCUT2D eigenvalue weighted by Crippen LogP contribution is -2.03. The number of hydrogen-bond acceptors (Lipinski definition) is 1. The average molecular weight is 166 g/mol. The molecule has 0 fully saturated rings. The molecule has 0 heterocycles. The average Bonchev–Trinajstić information content (AvgIpc) is 1.85. The maximum Gasteiger partial charge on any atom is 0.113 e. The highest BCUT2D eigenvalue weighted by molar-refractivity contribution is 6.36. The zero-order chi connectivity index (χ0) is 8.43. The first kappa shape index (κ1) is 8.63. The molecule has 1 nitrogen and oxygen atoms in total. The van der Waals surface area contributed by atoms with Crippen LogP contribution in [0, 0.1) is 0 Å². The molecular formula is C8H8BClO. The van der Waals surface area contributed by atoms with Gasteiger partial charge in [0.25, 0.3) is 0 Å². The van der Waals surface area contributed by atoms with E-state index in [1.807, 2.05) is 0 Å². The van der Waals surface area contributed by atoms with Crippen LogP contribution in [0.4, 0.5) is 0 Å². The van der Waals surface area contributed by atoms with Crippen LogP contribution in [0.15, 0.2) is 18.2 Å². The molecule has 0 spiro atoms. The van der Waals surface area contributed by atoms with E-state index in [0.29, 0.717) is 16.0 Å². The van der Waals surface area contributed by atoms with Gasteiger partial charge in [0.15, 0.2) is 0 Å². The molecule has 1 unspecified atom stereocenters. The van der Waals surface area contributed by atoms with Crippen molar-refractivity contribution in [3.8, 4) is 0 Å². The summed E-state index contributed by atoms with van der Waals surface area (Å²) in [6.07, 6.45) is -0.539. The van der Waals surface area contributed by atoms with Crippen LogP contribution in [-0.2, 0) is 0 Å². The molecule has 56 valence electrons. The zero-order valence-corrected chi connectivity index (χ0v) is 6.97. The van der Waals surface area contributed by atoms with E-state index in [0.717, 1.165) is 0 Å². The Kier molecular flexibility index (Phi) is 2.58. The van der Waals surface area contributed by atoms with E-state index in [1.165, 1.54) is 0 Å². The van der Waals surface area contributed by atoms with Crippen LogP contribution in [0.1, 0.15) is 18.6 Å². The second-order valence-corrected chi connectivity index (χ2v) is 2.86. The van der Waals surface area contributed by atoms with Crippen molar-refractivity contribution in [3.05, 3.63) is 28.8 Å². The van der Waals surface area contributed by atoms with E-state index in [2.05, 4.69) is 0 Å². The molecule has 1 atom stereocenters. The van der Waals surface area contributed by atoms with Crippen LogP contribution in [0.25, 0.3) is 0 Å². The summed E-state index contributed by atoms with van der Waals surface area (Å²) in [5.41, 5.74) is 1.32. The van der Waals surface area contributed by atoms with Crippen molar-refractivity contribution in [3.63, 3.8) is 0 Å². The molecule has 0 aliphatic rings. The van der Waals surface area contributed by atoms with Crippen LogP contribution >= 0.6 is 11.6 Å². The summed E-state index contributed by atoms with van der Waals surface area (Å²) in [7, 11) is 5.46. The number of hydrogen-bond donors (Lipinski definition) is 1.